The summed E-state index contributed by atoms with van der Waals surface area (Å²) in [4.78, 5) is 13.0. The maximum absolute atomic E-state index is 13.0. The molecule has 2 aliphatic rings. The second-order valence-corrected chi connectivity index (χ2v) is 16.2. The van der Waals surface area contributed by atoms with Gasteiger partial charge < -0.3 is 65.1 Å². The summed E-state index contributed by atoms with van der Waals surface area (Å²) < 4.78 is 22.6. The van der Waals surface area contributed by atoms with E-state index >= 15 is 0 Å². The third-order valence-electron chi connectivity index (χ3n) is 11.3. The minimum atomic E-state index is -1.78. The number of nitrogens with one attached hydrogen (secondary N) is 1. The molecule has 0 saturated carbocycles. The number of carbonyl (C=O) groups is 1. The molecule has 0 bridgehead atoms. The molecule has 2 aliphatic heterocycles. The molecule has 2 fully saturated rings. The van der Waals surface area contributed by atoms with Crippen LogP contribution in [0, 0.1) is 0 Å². The van der Waals surface area contributed by atoms with Crippen LogP contribution in [0.1, 0.15) is 168 Å². The third-order valence-corrected chi connectivity index (χ3v) is 11.3. The van der Waals surface area contributed by atoms with Crippen molar-refractivity contribution < 1.29 is 64.6 Å². The van der Waals surface area contributed by atoms with E-state index in [0.717, 1.165) is 51.4 Å². The van der Waals surface area contributed by atoms with Gasteiger partial charge in [-0.25, -0.2) is 0 Å². The summed E-state index contributed by atoms with van der Waals surface area (Å²) in [6.07, 6.45) is 9.96. The summed E-state index contributed by atoms with van der Waals surface area (Å²) in [5.41, 5.74) is 0. The fourth-order valence-corrected chi connectivity index (χ4v) is 7.59. The van der Waals surface area contributed by atoms with E-state index in [1.807, 2.05) is 0 Å². The Kier molecular flexibility index (Phi) is 28.3. The molecule has 4 unspecified atom stereocenters. The second kappa shape index (κ2) is 30.9. The molecular formula is C42H81NO13. The Morgan fingerprint density at radius 2 is 1.02 bits per heavy atom. The van der Waals surface area contributed by atoms with Crippen molar-refractivity contribution in [1.29, 1.82) is 0 Å². The van der Waals surface area contributed by atoms with Crippen LogP contribution in [0.3, 0.4) is 0 Å². The number of rotatable bonds is 33. The zero-order chi connectivity index (χ0) is 41.1. The fraction of sp³-hybridized carbons (Fsp3) is 0.976. The zero-order valence-corrected chi connectivity index (χ0v) is 34.6. The van der Waals surface area contributed by atoms with Gasteiger partial charge in [-0.2, -0.15) is 0 Å². The van der Waals surface area contributed by atoms with E-state index in [0.29, 0.717) is 12.8 Å². The van der Waals surface area contributed by atoms with Gasteiger partial charge in [0.2, 0.25) is 5.91 Å². The Bertz CT molecular complexity index is 962. The van der Waals surface area contributed by atoms with Crippen LogP contribution in [0.25, 0.3) is 0 Å². The lowest BCUT2D eigenvalue weighted by Gasteiger charge is -2.46. The normalized spacial score (nSPS) is 29.3. The van der Waals surface area contributed by atoms with Gasteiger partial charge in [-0.1, -0.05) is 149 Å². The lowest BCUT2D eigenvalue weighted by Crippen LogP contribution is -2.65. The van der Waals surface area contributed by atoms with E-state index in [9.17, 15) is 45.6 Å². The second-order valence-electron chi connectivity index (χ2n) is 16.2. The summed E-state index contributed by atoms with van der Waals surface area (Å²) in [5, 5.41) is 86.4. The van der Waals surface area contributed by atoms with Crippen molar-refractivity contribution in [2.75, 3.05) is 19.8 Å². The van der Waals surface area contributed by atoms with E-state index in [1.165, 1.54) is 89.9 Å². The lowest BCUT2D eigenvalue weighted by molar-refractivity contribution is -0.359. The van der Waals surface area contributed by atoms with Gasteiger partial charge in [0.05, 0.1) is 32.0 Å². The quantitative estimate of drug-likeness (QED) is 0.0430. The first kappa shape index (κ1) is 51.1. The summed E-state index contributed by atoms with van der Waals surface area (Å²) in [6, 6.07) is -0.817. The van der Waals surface area contributed by atoms with Crippen molar-refractivity contribution in [3.8, 4) is 0 Å². The molecular weight excluding hydrogens is 726 g/mol. The van der Waals surface area contributed by atoms with E-state index in [-0.39, 0.29) is 12.5 Å². The number of hydrogen-bond acceptors (Lipinski definition) is 13. The van der Waals surface area contributed by atoms with Crippen LogP contribution in [0.2, 0.25) is 0 Å². The standard InChI is InChI=1S/C42H81NO13/c1-3-5-7-9-11-12-13-14-15-16-17-18-20-21-23-25-31(46)30(43-34(47)26-24-22-19-10-8-6-4-2)29-53-41-39(52)37(50)40(33(28-45)55-41)56-42-38(51)36(49)35(48)32(27-44)54-42/h30-33,35-42,44-46,48-52H,3-29H2,1-2H3,(H,43,47)/t30-,31+,32+,33+,35-,36?,37?,38?,39?,40+,41+,42-/m0/s1. The molecule has 12 atom stereocenters. The molecule has 2 rings (SSSR count). The predicted molar refractivity (Wildman–Crippen MR) is 212 cm³/mol. The molecule has 2 saturated heterocycles. The molecule has 332 valence electrons. The molecule has 0 radical (unpaired) electrons. The van der Waals surface area contributed by atoms with Crippen molar-refractivity contribution in [2.24, 2.45) is 0 Å². The summed E-state index contributed by atoms with van der Waals surface area (Å²) in [6.45, 7) is 2.78. The molecule has 9 N–H and O–H groups in total. The van der Waals surface area contributed by atoms with Crippen molar-refractivity contribution in [1.82, 2.24) is 5.32 Å². The van der Waals surface area contributed by atoms with Crippen molar-refractivity contribution >= 4 is 5.91 Å². The lowest BCUT2D eigenvalue weighted by atomic mass is 9.97. The maximum Gasteiger partial charge on any atom is 0.220 e. The van der Waals surface area contributed by atoms with Gasteiger partial charge in [-0.15, -0.1) is 0 Å². The fourth-order valence-electron chi connectivity index (χ4n) is 7.59. The minimum absolute atomic E-state index is 0.214. The highest BCUT2D eigenvalue weighted by atomic mass is 16.7. The predicted octanol–water partition coefficient (Wildman–Crippen LogP) is 3.88. The Labute approximate surface area is 336 Å². The Hall–Kier alpha value is -1.01. The summed E-state index contributed by atoms with van der Waals surface area (Å²) in [5.74, 6) is -0.214. The minimum Gasteiger partial charge on any atom is -0.394 e. The molecule has 0 spiro atoms. The maximum atomic E-state index is 13.0. The average Bonchev–Trinajstić information content (AvgIpc) is 3.19. The van der Waals surface area contributed by atoms with Gasteiger partial charge in [-0.3, -0.25) is 4.79 Å². The van der Waals surface area contributed by atoms with Gasteiger partial charge in [0, 0.05) is 6.42 Å². The molecule has 1 amide bonds. The van der Waals surface area contributed by atoms with E-state index in [1.54, 1.807) is 0 Å². The topological polar surface area (TPSA) is 228 Å². The number of aliphatic hydroxyl groups excluding tert-OH is 8. The highest BCUT2D eigenvalue weighted by molar-refractivity contribution is 5.76. The molecule has 0 aromatic rings. The van der Waals surface area contributed by atoms with Crippen LogP contribution >= 0.6 is 0 Å². The van der Waals surface area contributed by atoms with Crippen LogP contribution in [0.15, 0.2) is 0 Å². The van der Waals surface area contributed by atoms with Gasteiger partial charge in [-0.05, 0) is 12.8 Å². The van der Waals surface area contributed by atoms with E-state index < -0.39 is 86.8 Å². The number of ether oxygens (including phenoxy) is 4. The molecule has 14 heteroatoms. The zero-order valence-electron chi connectivity index (χ0n) is 34.6. The van der Waals surface area contributed by atoms with Gasteiger partial charge in [0.15, 0.2) is 12.6 Å². The van der Waals surface area contributed by atoms with Crippen molar-refractivity contribution in [3.63, 3.8) is 0 Å². The molecule has 0 aliphatic carbocycles. The number of unbranched alkanes of at least 4 members (excludes halogenated alkanes) is 20. The molecule has 14 nitrogen and oxygen atoms in total. The van der Waals surface area contributed by atoms with E-state index in [2.05, 4.69) is 19.2 Å². The number of hydrogen-bond donors (Lipinski definition) is 9. The Morgan fingerprint density at radius 3 is 1.52 bits per heavy atom. The van der Waals surface area contributed by atoms with Crippen LogP contribution in [-0.2, 0) is 23.7 Å². The first-order chi connectivity index (χ1) is 27.1. The van der Waals surface area contributed by atoms with Crippen molar-refractivity contribution in [3.05, 3.63) is 0 Å². The monoisotopic (exact) mass is 808 g/mol. The highest BCUT2D eigenvalue weighted by Crippen LogP contribution is 2.30. The van der Waals surface area contributed by atoms with E-state index in [4.69, 9.17) is 18.9 Å². The van der Waals surface area contributed by atoms with Crippen LogP contribution in [0.5, 0.6) is 0 Å². The SMILES string of the molecule is CCCCCCCCCCCCCCCCC[C@@H](O)[C@H](CO[C@@H]1O[C@H](CO)[C@@H](O[C@@H]2O[C@H](CO)[C@H](O)C(O)C2O)C(O)C1O)NC(=O)CCCCCCCCC. The van der Waals surface area contributed by atoms with Crippen LogP contribution in [-0.4, -0.2) is 140 Å². The smallest absolute Gasteiger partial charge is 0.220 e. The van der Waals surface area contributed by atoms with Gasteiger partial charge >= 0.3 is 0 Å². The molecule has 0 aromatic carbocycles. The van der Waals surface area contributed by atoms with Crippen LogP contribution < -0.4 is 5.32 Å². The van der Waals surface area contributed by atoms with Gasteiger partial charge in [0.25, 0.3) is 0 Å². The Balaban J connectivity index is 1.86. The first-order valence-corrected chi connectivity index (χ1v) is 22.3. The average molecular weight is 808 g/mol. The largest absolute Gasteiger partial charge is 0.394 e. The van der Waals surface area contributed by atoms with Gasteiger partial charge in [0.1, 0.15) is 48.8 Å². The Morgan fingerprint density at radius 1 is 0.571 bits per heavy atom. The third kappa shape index (κ3) is 19.4. The number of aliphatic hydroxyl groups is 8. The summed E-state index contributed by atoms with van der Waals surface area (Å²) in [7, 11) is 0. The summed E-state index contributed by atoms with van der Waals surface area (Å²) >= 11 is 0. The molecule has 0 aromatic heterocycles. The first-order valence-electron chi connectivity index (χ1n) is 22.3. The molecule has 2 heterocycles. The molecule has 56 heavy (non-hydrogen) atoms. The number of amides is 1. The van der Waals surface area contributed by atoms with Crippen molar-refractivity contribution in [2.45, 2.75) is 242 Å². The van der Waals surface area contributed by atoms with Crippen LogP contribution in [0.4, 0.5) is 0 Å². The number of carbonyl (C=O) groups excluding carboxylic acids is 1. The highest BCUT2D eigenvalue weighted by Gasteiger charge is 2.51.